The number of likely N-dealkylation sites (tertiary alicyclic amines) is 1. The quantitative estimate of drug-likeness (QED) is 0.825. The fraction of sp³-hybridized carbons (Fsp3) is 0.400. The van der Waals surface area contributed by atoms with E-state index in [0.29, 0.717) is 18.8 Å². The number of nitrogens with one attached hydrogen (secondary N) is 2. The first-order chi connectivity index (χ1) is 13.0. The monoisotopic (exact) mass is 368 g/mol. The third-order valence-corrected chi connectivity index (χ3v) is 4.76. The lowest BCUT2D eigenvalue weighted by atomic mass is 10.1. The van der Waals surface area contributed by atoms with Gasteiger partial charge in [0.2, 0.25) is 17.7 Å². The molecule has 2 atom stereocenters. The van der Waals surface area contributed by atoms with Crippen molar-refractivity contribution in [3.63, 3.8) is 0 Å². The van der Waals surface area contributed by atoms with Gasteiger partial charge < -0.3 is 15.5 Å². The van der Waals surface area contributed by atoms with Crippen LogP contribution in [0.5, 0.6) is 0 Å². The summed E-state index contributed by atoms with van der Waals surface area (Å²) in [7, 11) is 0. The molecule has 3 amide bonds. The molecule has 1 aromatic rings. The van der Waals surface area contributed by atoms with Crippen LogP contribution in [0.25, 0.3) is 0 Å². The number of amides is 3. The van der Waals surface area contributed by atoms with Gasteiger partial charge in [0.05, 0.1) is 5.92 Å². The van der Waals surface area contributed by atoms with Gasteiger partial charge in [-0.2, -0.15) is 0 Å². The van der Waals surface area contributed by atoms with E-state index in [2.05, 4.69) is 15.6 Å². The van der Waals surface area contributed by atoms with Crippen molar-refractivity contribution in [2.75, 3.05) is 11.9 Å². The molecule has 2 heterocycles. The van der Waals surface area contributed by atoms with Crippen LogP contribution >= 0.6 is 0 Å². The molecule has 2 unspecified atom stereocenters. The van der Waals surface area contributed by atoms with Crippen LogP contribution in [-0.4, -0.2) is 46.2 Å². The van der Waals surface area contributed by atoms with Gasteiger partial charge in [0, 0.05) is 12.2 Å². The lowest BCUT2D eigenvalue weighted by Gasteiger charge is -2.27. The number of carbonyl (C=O) groups excluding carboxylic acids is 3. The van der Waals surface area contributed by atoms with E-state index in [4.69, 9.17) is 0 Å². The van der Waals surface area contributed by atoms with Gasteiger partial charge in [0.1, 0.15) is 17.9 Å². The van der Waals surface area contributed by atoms with Crippen molar-refractivity contribution in [3.05, 3.63) is 48.2 Å². The Morgan fingerprint density at radius 1 is 1.19 bits per heavy atom. The highest BCUT2D eigenvalue weighted by molar-refractivity contribution is 5.98. The molecular weight excluding hydrogens is 344 g/mol. The molecule has 0 aromatic carbocycles. The molecule has 1 fully saturated rings. The molecule has 7 heteroatoms. The van der Waals surface area contributed by atoms with Crippen molar-refractivity contribution >= 4 is 23.5 Å². The highest BCUT2D eigenvalue weighted by Gasteiger charge is 2.36. The molecular formula is C20H24N4O3. The maximum absolute atomic E-state index is 12.8. The van der Waals surface area contributed by atoms with Gasteiger partial charge in [0.15, 0.2) is 0 Å². The Kier molecular flexibility index (Phi) is 5.69. The molecule has 1 aliphatic heterocycles. The number of anilines is 1. The lowest BCUT2D eigenvalue weighted by molar-refractivity contribution is -0.139. The van der Waals surface area contributed by atoms with Gasteiger partial charge in [-0.25, -0.2) is 4.98 Å². The van der Waals surface area contributed by atoms with E-state index in [-0.39, 0.29) is 23.6 Å². The molecule has 2 aliphatic rings. The molecule has 7 nitrogen and oxygen atoms in total. The SMILES string of the molecule is Cc1cccc(NC(=O)C2CCCN2C(=O)C(C)NC(=O)C2C=CC=C2)n1. The van der Waals surface area contributed by atoms with E-state index in [1.54, 1.807) is 42.2 Å². The first-order valence-corrected chi connectivity index (χ1v) is 9.16. The molecule has 2 N–H and O–H groups in total. The van der Waals surface area contributed by atoms with Crippen molar-refractivity contribution in [2.45, 2.75) is 38.8 Å². The van der Waals surface area contributed by atoms with E-state index in [1.807, 2.05) is 19.1 Å². The summed E-state index contributed by atoms with van der Waals surface area (Å²) >= 11 is 0. The molecule has 1 aromatic heterocycles. The van der Waals surface area contributed by atoms with E-state index in [0.717, 1.165) is 12.1 Å². The third kappa shape index (κ3) is 4.42. The summed E-state index contributed by atoms with van der Waals surface area (Å²) < 4.78 is 0. The number of allylic oxidation sites excluding steroid dienone is 2. The van der Waals surface area contributed by atoms with Crippen molar-refractivity contribution in [3.8, 4) is 0 Å². The number of nitrogens with zero attached hydrogens (tertiary/aromatic N) is 2. The Hall–Kier alpha value is -2.96. The fourth-order valence-corrected chi connectivity index (χ4v) is 3.35. The standard InChI is InChI=1S/C20H24N4O3/c1-13-7-5-11-17(21-13)23-19(26)16-10-6-12-24(16)20(27)14(2)22-18(25)15-8-3-4-9-15/h3-5,7-9,11,14-16H,6,10,12H2,1-2H3,(H,22,25)(H,21,23,26). The van der Waals surface area contributed by atoms with Crippen molar-refractivity contribution in [1.29, 1.82) is 0 Å². The average molecular weight is 368 g/mol. The van der Waals surface area contributed by atoms with Gasteiger partial charge in [-0.1, -0.05) is 30.4 Å². The summed E-state index contributed by atoms with van der Waals surface area (Å²) in [6.07, 6.45) is 8.49. The molecule has 27 heavy (non-hydrogen) atoms. The van der Waals surface area contributed by atoms with Gasteiger partial charge in [-0.15, -0.1) is 0 Å². The normalized spacial score (nSPS) is 19.9. The summed E-state index contributed by atoms with van der Waals surface area (Å²) in [5.41, 5.74) is 0.804. The minimum absolute atomic E-state index is 0.218. The predicted molar refractivity (Wildman–Crippen MR) is 102 cm³/mol. The second-order valence-corrected chi connectivity index (χ2v) is 6.87. The zero-order chi connectivity index (χ0) is 19.4. The van der Waals surface area contributed by atoms with Crippen LogP contribution in [0.15, 0.2) is 42.5 Å². The van der Waals surface area contributed by atoms with Crippen molar-refractivity contribution in [2.24, 2.45) is 5.92 Å². The summed E-state index contributed by atoms with van der Waals surface area (Å²) in [6.45, 7) is 4.00. The molecule has 3 rings (SSSR count). The summed E-state index contributed by atoms with van der Waals surface area (Å²) in [4.78, 5) is 43.5. The second-order valence-electron chi connectivity index (χ2n) is 6.87. The molecule has 142 valence electrons. The Labute approximate surface area is 158 Å². The van der Waals surface area contributed by atoms with Crippen LogP contribution in [0, 0.1) is 12.8 Å². The van der Waals surface area contributed by atoms with E-state index in [1.165, 1.54) is 0 Å². The van der Waals surface area contributed by atoms with Crippen LogP contribution < -0.4 is 10.6 Å². The highest BCUT2D eigenvalue weighted by atomic mass is 16.2. The van der Waals surface area contributed by atoms with Crippen LogP contribution in [-0.2, 0) is 14.4 Å². The van der Waals surface area contributed by atoms with E-state index < -0.39 is 12.1 Å². The number of carbonyl (C=O) groups is 3. The summed E-state index contributed by atoms with van der Waals surface area (Å²) in [5.74, 6) is -0.584. The zero-order valence-electron chi connectivity index (χ0n) is 15.5. The van der Waals surface area contributed by atoms with Crippen LogP contribution in [0.3, 0.4) is 0 Å². The Balaban J connectivity index is 1.61. The first-order valence-electron chi connectivity index (χ1n) is 9.16. The smallest absolute Gasteiger partial charge is 0.248 e. The van der Waals surface area contributed by atoms with Crippen LogP contribution in [0.4, 0.5) is 5.82 Å². The maximum atomic E-state index is 12.8. The molecule has 0 bridgehead atoms. The first kappa shape index (κ1) is 18.8. The topological polar surface area (TPSA) is 91.4 Å². The zero-order valence-corrected chi connectivity index (χ0v) is 15.5. The number of rotatable bonds is 5. The number of aryl methyl sites for hydroxylation is 1. The second kappa shape index (κ2) is 8.16. The van der Waals surface area contributed by atoms with E-state index in [9.17, 15) is 14.4 Å². The fourth-order valence-electron chi connectivity index (χ4n) is 3.35. The third-order valence-electron chi connectivity index (χ3n) is 4.76. The van der Waals surface area contributed by atoms with Crippen molar-refractivity contribution in [1.82, 2.24) is 15.2 Å². The van der Waals surface area contributed by atoms with Gasteiger partial charge >= 0.3 is 0 Å². The number of aromatic nitrogens is 1. The highest BCUT2D eigenvalue weighted by Crippen LogP contribution is 2.20. The van der Waals surface area contributed by atoms with E-state index >= 15 is 0 Å². The van der Waals surface area contributed by atoms with Crippen LogP contribution in [0.2, 0.25) is 0 Å². The number of pyridine rings is 1. The molecule has 0 saturated carbocycles. The minimum Gasteiger partial charge on any atom is -0.344 e. The maximum Gasteiger partial charge on any atom is 0.248 e. The predicted octanol–water partition coefficient (Wildman–Crippen LogP) is 1.57. The van der Waals surface area contributed by atoms with Gasteiger partial charge in [-0.05, 0) is 38.8 Å². The van der Waals surface area contributed by atoms with Gasteiger partial charge in [0.25, 0.3) is 0 Å². The summed E-state index contributed by atoms with van der Waals surface area (Å²) in [6, 6.07) is 4.15. The summed E-state index contributed by atoms with van der Waals surface area (Å²) in [5, 5.41) is 5.52. The minimum atomic E-state index is -0.689. The average Bonchev–Trinajstić information content (AvgIpc) is 3.32. The number of hydrogen-bond donors (Lipinski definition) is 2. The number of hydrogen-bond acceptors (Lipinski definition) is 4. The van der Waals surface area contributed by atoms with Gasteiger partial charge in [-0.3, -0.25) is 14.4 Å². The molecule has 0 radical (unpaired) electrons. The Bertz CT molecular complexity index is 790. The van der Waals surface area contributed by atoms with Crippen LogP contribution in [0.1, 0.15) is 25.5 Å². The molecule has 1 aliphatic carbocycles. The Morgan fingerprint density at radius 2 is 1.93 bits per heavy atom. The largest absolute Gasteiger partial charge is 0.344 e. The lowest BCUT2D eigenvalue weighted by Crippen LogP contribution is -2.52. The Morgan fingerprint density at radius 3 is 2.63 bits per heavy atom. The molecule has 1 saturated heterocycles. The molecule has 0 spiro atoms. The van der Waals surface area contributed by atoms with Crippen molar-refractivity contribution < 1.29 is 14.4 Å².